The first-order valence-electron chi connectivity index (χ1n) is 10.2. The molecule has 0 radical (unpaired) electrons. The maximum absolute atomic E-state index is 9.90. The molecule has 0 aromatic rings. The third-order valence-corrected chi connectivity index (χ3v) is 8.43. The van der Waals surface area contributed by atoms with Crippen LogP contribution in [0.4, 0.5) is 0 Å². The summed E-state index contributed by atoms with van der Waals surface area (Å²) in [6.07, 6.45) is 12.4. The second-order valence-electron chi connectivity index (χ2n) is 9.05. The van der Waals surface area contributed by atoms with Gasteiger partial charge < -0.3 is 9.84 Å². The first kappa shape index (κ1) is 16.7. The summed E-state index contributed by atoms with van der Waals surface area (Å²) in [5.74, 6) is 5.07. The molecule has 2 saturated carbocycles. The van der Waals surface area contributed by atoms with E-state index in [0.717, 1.165) is 36.5 Å². The van der Waals surface area contributed by atoms with Gasteiger partial charge in [-0.05, 0) is 79.6 Å². The van der Waals surface area contributed by atoms with E-state index >= 15 is 0 Å². The molecular weight excluding hydrogens is 296 g/mol. The lowest BCUT2D eigenvalue weighted by Crippen LogP contribution is -2.47. The van der Waals surface area contributed by atoms with E-state index in [1.54, 1.807) is 11.1 Å². The predicted molar refractivity (Wildman–Crippen MR) is 97.4 cm³/mol. The summed E-state index contributed by atoms with van der Waals surface area (Å²) in [6, 6.07) is 0. The molecule has 2 heteroatoms. The lowest BCUT2D eigenvalue weighted by molar-refractivity contribution is -0.0258. The molecule has 1 N–H and O–H groups in total. The van der Waals surface area contributed by atoms with Gasteiger partial charge in [-0.25, -0.2) is 0 Å². The van der Waals surface area contributed by atoms with Crippen LogP contribution < -0.4 is 0 Å². The fourth-order valence-electron chi connectivity index (χ4n) is 7.07. The molecular formula is C22H34O2. The van der Waals surface area contributed by atoms with Crippen molar-refractivity contribution in [2.45, 2.75) is 65.2 Å². The summed E-state index contributed by atoms with van der Waals surface area (Å²) in [4.78, 5) is 0. The zero-order valence-electron chi connectivity index (χ0n) is 15.7. The number of ether oxygens (including phenoxy) is 1. The standard InChI is InChI=1S/C22H34O2/c1-4-14-11-15-12-17(24-3)6-7-18(15)19-9-10-22(2)16(13-23)5-8-20(22)21(14)19/h6,14,16,19-21,23H,4-5,7-13H2,1-3H3/t14-,16+,19-,20-,21-,22-/m1/s1. The van der Waals surface area contributed by atoms with Gasteiger partial charge in [0.05, 0.1) is 12.9 Å². The normalized spacial score (nSPS) is 44.5. The Balaban J connectivity index is 1.66. The van der Waals surface area contributed by atoms with Gasteiger partial charge in [0.1, 0.15) is 0 Å². The van der Waals surface area contributed by atoms with Crippen LogP contribution in [0.25, 0.3) is 0 Å². The summed E-state index contributed by atoms with van der Waals surface area (Å²) >= 11 is 0. The van der Waals surface area contributed by atoms with Crippen molar-refractivity contribution < 1.29 is 9.84 Å². The van der Waals surface area contributed by atoms with Gasteiger partial charge in [0.25, 0.3) is 0 Å². The fraction of sp³-hybridized carbons (Fsp3) is 0.818. The van der Waals surface area contributed by atoms with E-state index in [0.29, 0.717) is 17.9 Å². The first-order chi connectivity index (χ1) is 11.6. The van der Waals surface area contributed by atoms with Gasteiger partial charge in [-0.15, -0.1) is 0 Å². The number of aliphatic hydroxyl groups is 1. The van der Waals surface area contributed by atoms with Crippen LogP contribution in [0.1, 0.15) is 65.2 Å². The molecule has 0 heterocycles. The average molecular weight is 331 g/mol. The van der Waals surface area contributed by atoms with E-state index in [-0.39, 0.29) is 0 Å². The largest absolute Gasteiger partial charge is 0.501 e. The number of hydrogen-bond donors (Lipinski definition) is 1. The maximum Gasteiger partial charge on any atom is 0.0959 e. The molecule has 6 atom stereocenters. The van der Waals surface area contributed by atoms with Gasteiger partial charge in [-0.3, -0.25) is 0 Å². The van der Waals surface area contributed by atoms with Gasteiger partial charge in [0.2, 0.25) is 0 Å². The van der Waals surface area contributed by atoms with Crippen molar-refractivity contribution in [3.63, 3.8) is 0 Å². The van der Waals surface area contributed by atoms with Crippen LogP contribution in [0.2, 0.25) is 0 Å². The van der Waals surface area contributed by atoms with Crippen molar-refractivity contribution in [3.05, 3.63) is 23.0 Å². The highest BCUT2D eigenvalue weighted by molar-refractivity contribution is 5.33. The van der Waals surface area contributed by atoms with E-state index in [4.69, 9.17) is 4.74 Å². The Hall–Kier alpha value is -0.760. The molecule has 0 saturated heterocycles. The number of aliphatic hydroxyl groups excluding tert-OH is 1. The number of hydrogen-bond acceptors (Lipinski definition) is 2. The topological polar surface area (TPSA) is 29.5 Å². The molecule has 0 aliphatic heterocycles. The third kappa shape index (κ3) is 2.32. The summed E-state index contributed by atoms with van der Waals surface area (Å²) < 4.78 is 5.56. The van der Waals surface area contributed by atoms with E-state index in [1.165, 1.54) is 44.3 Å². The van der Waals surface area contributed by atoms with Gasteiger partial charge >= 0.3 is 0 Å². The number of allylic oxidation sites excluding steroid dienone is 3. The highest BCUT2D eigenvalue weighted by atomic mass is 16.5. The van der Waals surface area contributed by atoms with Crippen molar-refractivity contribution >= 4 is 0 Å². The van der Waals surface area contributed by atoms with Gasteiger partial charge in [-0.2, -0.15) is 0 Å². The molecule has 0 bridgehead atoms. The fourth-order valence-corrected chi connectivity index (χ4v) is 7.07. The molecule has 0 amide bonds. The van der Waals surface area contributed by atoms with Crippen LogP contribution in [0.15, 0.2) is 23.0 Å². The van der Waals surface area contributed by atoms with Crippen LogP contribution in [0, 0.1) is 35.0 Å². The second-order valence-corrected chi connectivity index (χ2v) is 9.05. The minimum atomic E-state index is 0.392. The quantitative estimate of drug-likeness (QED) is 0.731. The molecule has 4 aliphatic rings. The molecule has 0 aromatic carbocycles. The minimum Gasteiger partial charge on any atom is -0.501 e. The van der Waals surface area contributed by atoms with Gasteiger partial charge in [0.15, 0.2) is 0 Å². The Bertz CT molecular complexity index is 560. The van der Waals surface area contributed by atoms with E-state index in [1.807, 2.05) is 7.11 Å². The summed E-state index contributed by atoms with van der Waals surface area (Å²) in [5.41, 5.74) is 3.88. The Morgan fingerprint density at radius 1 is 1.29 bits per heavy atom. The van der Waals surface area contributed by atoms with Crippen molar-refractivity contribution in [1.82, 2.24) is 0 Å². The molecule has 4 aliphatic carbocycles. The monoisotopic (exact) mass is 330 g/mol. The van der Waals surface area contributed by atoms with Gasteiger partial charge in [-0.1, -0.05) is 31.4 Å². The van der Waals surface area contributed by atoms with E-state index < -0.39 is 0 Å². The summed E-state index contributed by atoms with van der Waals surface area (Å²) in [7, 11) is 1.82. The number of fused-ring (bicyclic) bond motifs is 4. The molecule has 2 nitrogen and oxygen atoms in total. The van der Waals surface area contributed by atoms with Gasteiger partial charge in [0, 0.05) is 13.0 Å². The zero-order valence-corrected chi connectivity index (χ0v) is 15.7. The van der Waals surface area contributed by atoms with Crippen molar-refractivity contribution in [3.8, 4) is 0 Å². The maximum atomic E-state index is 9.90. The first-order valence-corrected chi connectivity index (χ1v) is 10.2. The van der Waals surface area contributed by atoms with Crippen molar-refractivity contribution in [2.24, 2.45) is 35.0 Å². The van der Waals surface area contributed by atoms with Crippen molar-refractivity contribution in [1.29, 1.82) is 0 Å². The van der Waals surface area contributed by atoms with E-state index in [9.17, 15) is 5.11 Å². The molecule has 2 fully saturated rings. The van der Waals surface area contributed by atoms with Crippen LogP contribution in [0.3, 0.4) is 0 Å². The minimum absolute atomic E-state index is 0.392. The van der Waals surface area contributed by atoms with E-state index in [2.05, 4.69) is 19.9 Å². The SMILES string of the molecule is CC[C@@H]1CC2=C(CC=C(OC)C2)[C@H]2CC[C@]3(C)[C@H](CO)CC[C@@H]3[C@H]12. The Labute approximate surface area is 147 Å². The number of methoxy groups -OCH3 is 1. The highest BCUT2D eigenvalue weighted by Gasteiger charge is 2.56. The van der Waals surface area contributed by atoms with Crippen LogP contribution >= 0.6 is 0 Å². The van der Waals surface area contributed by atoms with Crippen LogP contribution in [-0.2, 0) is 4.74 Å². The summed E-state index contributed by atoms with van der Waals surface area (Å²) in [6.45, 7) is 5.30. The number of rotatable bonds is 3. The lowest BCUT2D eigenvalue weighted by atomic mass is 9.50. The molecule has 0 spiro atoms. The second kappa shape index (κ2) is 6.20. The molecule has 0 unspecified atom stereocenters. The highest BCUT2D eigenvalue weighted by Crippen LogP contribution is 2.64. The smallest absolute Gasteiger partial charge is 0.0959 e. The van der Waals surface area contributed by atoms with Crippen molar-refractivity contribution in [2.75, 3.05) is 13.7 Å². The molecule has 134 valence electrons. The molecule has 24 heavy (non-hydrogen) atoms. The Kier molecular flexibility index (Phi) is 4.31. The zero-order chi connectivity index (χ0) is 16.9. The summed E-state index contributed by atoms with van der Waals surface area (Å²) in [5, 5.41) is 9.90. The molecule has 4 rings (SSSR count). The van der Waals surface area contributed by atoms with Crippen LogP contribution in [-0.4, -0.2) is 18.8 Å². The Morgan fingerprint density at radius 3 is 2.83 bits per heavy atom. The van der Waals surface area contributed by atoms with Crippen LogP contribution in [0.5, 0.6) is 0 Å². The molecule has 0 aromatic heterocycles. The third-order valence-electron chi connectivity index (χ3n) is 8.43. The average Bonchev–Trinajstić information content (AvgIpc) is 2.96. The Morgan fingerprint density at radius 2 is 2.12 bits per heavy atom. The predicted octanol–water partition coefficient (Wildman–Crippen LogP) is 5.09. The lowest BCUT2D eigenvalue weighted by Gasteiger charge is -2.54.